The van der Waals surface area contributed by atoms with Gasteiger partial charge in [-0.1, -0.05) is 13.3 Å². The van der Waals surface area contributed by atoms with Gasteiger partial charge in [0.1, 0.15) is 0 Å². The van der Waals surface area contributed by atoms with Gasteiger partial charge < -0.3 is 9.47 Å². The molecule has 0 aliphatic heterocycles. The van der Waals surface area contributed by atoms with Crippen molar-refractivity contribution < 1.29 is 22.6 Å². The highest BCUT2D eigenvalue weighted by Crippen LogP contribution is 2.21. The number of hydrogen-bond acceptors (Lipinski definition) is 2. The first-order valence-corrected chi connectivity index (χ1v) is 4.74. The smallest absolute Gasteiger partial charge is 0.379 e. The van der Waals surface area contributed by atoms with E-state index in [-0.39, 0.29) is 13.2 Å². The molecule has 1 unspecified atom stereocenters. The molecule has 0 spiro atoms. The molecule has 0 saturated heterocycles. The number of rotatable bonds is 7. The molecular weight excluding hydrogens is 197 g/mol. The standard InChI is InChI=1S/C9H17F3O2/c1-3-4-5-13-6-7-14-8(2)9(10,11)12/h8H,3-7H2,1-2H3. The molecular formula is C9H17F3O2. The van der Waals surface area contributed by atoms with Crippen LogP contribution in [0.1, 0.15) is 26.7 Å². The van der Waals surface area contributed by atoms with Gasteiger partial charge in [-0.25, -0.2) is 0 Å². The van der Waals surface area contributed by atoms with Crippen LogP contribution < -0.4 is 0 Å². The van der Waals surface area contributed by atoms with E-state index in [0.717, 1.165) is 19.8 Å². The van der Waals surface area contributed by atoms with Crippen LogP contribution in [0.4, 0.5) is 13.2 Å². The minimum absolute atomic E-state index is 0.00953. The molecule has 0 aliphatic rings. The lowest BCUT2D eigenvalue weighted by molar-refractivity contribution is -0.216. The fourth-order valence-electron chi connectivity index (χ4n) is 0.727. The molecule has 0 radical (unpaired) electrons. The third kappa shape index (κ3) is 7.15. The molecule has 14 heavy (non-hydrogen) atoms. The number of hydrogen-bond donors (Lipinski definition) is 0. The zero-order valence-electron chi connectivity index (χ0n) is 8.56. The molecule has 1 atom stereocenters. The first kappa shape index (κ1) is 13.7. The van der Waals surface area contributed by atoms with E-state index in [1.54, 1.807) is 0 Å². The number of ether oxygens (including phenoxy) is 2. The summed E-state index contributed by atoms with van der Waals surface area (Å²) in [6.45, 7) is 3.81. The molecule has 0 saturated carbocycles. The van der Waals surface area contributed by atoms with Crippen molar-refractivity contribution in [1.29, 1.82) is 0 Å². The Bertz CT molecular complexity index is 137. The van der Waals surface area contributed by atoms with E-state index < -0.39 is 12.3 Å². The molecule has 86 valence electrons. The lowest BCUT2D eigenvalue weighted by Gasteiger charge is -2.16. The largest absolute Gasteiger partial charge is 0.414 e. The van der Waals surface area contributed by atoms with E-state index in [0.29, 0.717) is 6.61 Å². The summed E-state index contributed by atoms with van der Waals surface area (Å²) in [7, 11) is 0. The highest BCUT2D eigenvalue weighted by molar-refractivity contribution is 4.60. The Balaban J connectivity index is 3.28. The van der Waals surface area contributed by atoms with Crippen LogP contribution in [0.25, 0.3) is 0 Å². The molecule has 0 aromatic rings. The first-order valence-electron chi connectivity index (χ1n) is 4.74. The normalized spacial score (nSPS) is 14.4. The number of halogens is 3. The van der Waals surface area contributed by atoms with Crippen molar-refractivity contribution in [2.75, 3.05) is 19.8 Å². The second-order valence-corrected chi connectivity index (χ2v) is 3.02. The SMILES string of the molecule is CCCCOCCOC(C)C(F)(F)F. The van der Waals surface area contributed by atoms with Crippen molar-refractivity contribution in [3.8, 4) is 0 Å². The van der Waals surface area contributed by atoms with Crippen LogP contribution >= 0.6 is 0 Å². The molecule has 0 amide bonds. The van der Waals surface area contributed by atoms with Crippen molar-refractivity contribution in [2.24, 2.45) is 0 Å². The van der Waals surface area contributed by atoms with Gasteiger partial charge in [-0.05, 0) is 13.3 Å². The highest BCUT2D eigenvalue weighted by atomic mass is 19.4. The summed E-state index contributed by atoms with van der Waals surface area (Å²) in [5.74, 6) is 0. The van der Waals surface area contributed by atoms with Crippen molar-refractivity contribution in [3.05, 3.63) is 0 Å². The van der Waals surface area contributed by atoms with Crippen LogP contribution in [0.2, 0.25) is 0 Å². The Labute approximate surface area is 82.4 Å². The second-order valence-electron chi connectivity index (χ2n) is 3.02. The summed E-state index contributed by atoms with van der Waals surface area (Å²) in [4.78, 5) is 0. The van der Waals surface area contributed by atoms with E-state index in [1.807, 2.05) is 6.92 Å². The van der Waals surface area contributed by atoms with Crippen molar-refractivity contribution in [1.82, 2.24) is 0 Å². The first-order chi connectivity index (χ1) is 6.48. The van der Waals surface area contributed by atoms with E-state index in [2.05, 4.69) is 4.74 Å². The summed E-state index contributed by atoms with van der Waals surface area (Å²) in [6.07, 6.45) is -4.05. The maximum atomic E-state index is 11.9. The average Bonchev–Trinajstić information content (AvgIpc) is 2.09. The summed E-state index contributed by atoms with van der Waals surface area (Å²) in [5, 5.41) is 0. The summed E-state index contributed by atoms with van der Waals surface area (Å²) in [6, 6.07) is 0. The second kappa shape index (κ2) is 7.06. The molecule has 0 fully saturated rings. The fourth-order valence-corrected chi connectivity index (χ4v) is 0.727. The van der Waals surface area contributed by atoms with Gasteiger partial charge in [0.25, 0.3) is 0 Å². The monoisotopic (exact) mass is 214 g/mol. The van der Waals surface area contributed by atoms with Gasteiger partial charge in [0, 0.05) is 6.61 Å². The van der Waals surface area contributed by atoms with Gasteiger partial charge in [0.05, 0.1) is 13.2 Å². The Morgan fingerprint density at radius 1 is 1.14 bits per heavy atom. The summed E-state index contributed by atoms with van der Waals surface area (Å²) >= 11 is 0. The van der Waals surface area contributed by atoms with Crippen molar-refractivity contribution in [3.63, 3.8) is 0 Å². The Kier molecular flexibility index (Phi) is 6.92. The number of alkyl halides is 3. The van der Waals surface area contributed by atoms with Gasteiger partial charge in [0.15, 0.2) is 6.10 Å². The molecule has 0 aromatic heterocycles. The maximum absolute atomic E-state index is 11.9. The molecule has 0 aliphatic carbocycles. The van der Waals surface area contributed by atoms with Gasteiger partial charge in [-0.3, -0.25) is 0 Å². The fraction of sp³-hybridized carbons (Fsp3) is 1.00. The zero-order chi connectivity index (χ0) is 11.0. The molecule has 0 rings (SSSR count). The van der Waals surface area contributed by atoms with Gasteiger partial charge in [0.2, 0.25) is 0 Å². The average molecular weight is 214 g/mol. The predicted octanol–water partition coefficient (Wildman–Crippen LogP) is 2.77. The lowest BCUT2D eigenvalue weighted by Crippen LogP contribution is -2.29. The number of unbranched alkanes of at least 4 members (excludes halogenated alkanes) is 1. The topological polar surface area (TPSA) is 18.5 Å². The van der Waals surface area contributed by atoms with E-state index in [4.69, 9.17) is 4.74 Å². The minimum Gasteiger partial charge on any atom is -0.379 e. The summed E-state index contributed by atoms with van der Waals surface area (Å²) < 4.78 is 45.3. The quantitative estimate of drug-likeness (QED) is 0.607. The Hall–Kier alpha value is -0.290. The van der Waals surface area contributed by atoms with Crippen LogP contribution in [0.5, 0.6) is 0 Å². The highest BCUT2D eigenvalue weighted by Gasteiger charge is 2.36. The Morgan fingerprint density at radius 2 is 1.79 bits per heavy atom. The molecule has 0 N–H and O–H groups in total. The van der Waals surface area contributed by atoms with Crippen LogP contribution in [0.15, 0.2) is 0 Å². The van der Waals surface area contributed by atoms with Crippen LogP contribution in [0.3, 0.4) is 0 Å². The van der Waals surface area contributed by atoms with E-state index in [1.165, 1.54) is 0 Å². The van der Waals surface area contributed by atoms with Crippen LogP contribution in [-0.4, -0.2) is 32.1 Å². The Morgan fingerprint density at radius 3 is 2.29 bits per heavy atom. The van der Waals surface area contributed by atoms with Crippen molar-refractivity contribution >= 4 is 0 Å². The molecule has 5 heteroatoms. The minimum atomic E-state index is -4.27. The summed E-state index contributed by atoms with van der Waals surface area (Å²) in [5.41, 5.74) is 0. The maximum Gasteiger partial charge on any atom is 0.414 e. The predicted molar refractivity (Wildman–Crippen MR) is 47.2 cm³/mol. The lowest BCUT2D eigenvalue weighted by atomic mass is 10.4. The molecule has 0 heterocycles. The van der Waals surface area contributed by atoms with Crippen LogP contribution in [0, 0.1) is 0 Å². The molecule has 2 nitrogen and oxygen atoms in total. The van der Waals surface area contributed by atoms with Gasteiger partial charge in [-0.2, -0.15) is 13.2 Å². The van der Waals surface area contributed by atoms with Gasteiger partial charge >= 0.3 is 6.18 Å². The molecule has 0 aromatic carbocycles. The van der Waals surface area contributed by atoms with Crippen LogP contribution in [-0.2, 0) is 9.47 Å². The molecule has 0 bridgehead atoms. The van der Waals surface area contributed by atoms with Gasteiger partial charge in [-0.15, -0.1) is 0 Å². The third-order valence-electron chi connectivity index (χ3n) is 1.70. The van der Waals surface area contributed by atoms with E-state index in [9.17, 15) is 13.2 Å². The third-order valence-corrected chi connectivity index (χ3v) is 1.70. The van der Waals surface area contributed by atoms with Crippen molar-refractivity contribution in [2.45, 2.75) is 39.0 Å². The zero-order valence-corrected chi connectivity index (χ0v) is 8.56. The van der Waals surface area contributed by atoms with E-state index >= 15 is 0 Å².